The topological polar surface area (TPSA) is 30.5 Å². The van der Waals surface area contributed by atoms with Crippen molar-refractivity contribution in [3.05, 3.63) is 0 Å². The van der Waals surface area contributed by atoms with Crippen LogP contribution >= 0.6 is 0 Å². The van der Waals surface area contributed by atoms with Crippen molar-refractivity contribution in [1.82, 2.24) is 5.32 Å². The van der Waals surface area contributed by atoms with Crippen molar-refractivity contribution in [1.29, 1.82) is 0 Å². The van der Waals surface area contributed by atoms with Crippen LogP contribution in [0.5, 0.6) is 0 Å². The first kappa shape index (κ1) is 17.9. The van der Waals surface area contributed by atoms with Gasteiger partial charge in [-0.25, -0.2) is 0 Å². The maximum atomic E-state index is 6.46. The van der Waals surface area contributed by atoms with Crippen LogP contribution in [0.4, 0.5) is 0 Å². The van der Waals surface area contributed by atoms with E-state index in [0.29, 0.717) is 6.61 Å². The molecule has 0 radical (unpaired) electrons. The van der Waals surface area contributed by atoms with Gasteiger partial charge in [-0.2, -0.15) is 0 Å². The predicted molar refractivity (Wildman–Crippen MR) is 85.2 cm³/mol. The Morgan fingerprint density at radius 3 is 2.60 bits per heavy atom. The van der Waals surface area contributed by atoms with E-state index in [-0.39, 0.29) is 17.2 Å². The van der Waals surface area contributed by atoms with Crippen LogP contribution in [-0.2, 0) is 9.47 Å². The molecular formula is C17H35NO2. The van der Waals surface area contributed by atoms with Crippen molar-refractivity contribution in [3.63, 3.8) is 0 Å². The summed E-state index contributed by atoms with van der Waals surface area (Å²) in [5.74, 6) is 0.754. The van der Waals surface area contributed by atoms with Gasteiger partial charge in [-0.1, -0.05) is 19.8 Å². The highest BCUT2D eigenvalue weighted by Gasteiger charge is 2.37. The van der Waals surface area contributed by atoms with Gasteiger partial charge in [0, 0.05) is 18.7 Å². The Morgan fingerprint density at radius 2 is 2.05 bits per heavy atom. The standard InChI is InChI=1S/C17H35NO2/c1-7-19-12-15(3)20-17(13-18-16(4,5)6)10-8-9-14(2)11-17/h14-15,18H,7-13H2,1-6H3. The van der Waals surface area contributed by atoms with E-state index >= 15 is 0 Å². The first-order chi connectivity index (χ1) is 9.26. The molecule has 1 N–H and O–H groups in total. The second-order valence-corrected chi connectivity index (χ2v) is 7.58. The zero-order chi connectivity index (χ0) is 15.2. The lowest BCUT2D eigenvalue weighted by molar-refractivity contribution is -0.134. The van der Waals surface area contributed by atoms with E-state index in [1.165, 1.54) is 12.8 Å². The van der Waals surface area contributed by atoms with Crippen LogP contribution in [0.1, 0.15) is 67.2 Å². The predicted octanol–water partition coefficient (Wildman–Crippen LogP) is 3.77. The van der Waals surface area contributed by atoms with Crippen molar-refractivity contribution in [2.45, 2.75) is 84.5 Å². The molecule has 3 heteroatoms. The summed E-state index contributed by atoms with van der Waals surface area (Å²) in [6, 6.07) is 0. The van der Waals surface area contributed by atoms with Gasteiger partial charge in [-0.3, -0.25) is 0 Å². The number of ether oxygens (including phenoxy) is 2. The van der Waals surface area contributed by atoms with Gasteiger partial charge in [-0.15, -0.1) is 0 Å². The highest BCUT2D eigenvalue weighted by molar-refractivity contribution is 4.91. The van der Waals surface area contributed by atoms with E-state index in [0.717, 1.165) is 31.9 Å². The Bertz CT molecular complexity index is 275. The van der Waals surface area contributed by atoms with Gasteiger partial charge in [0.2, 0.25) is 0 Å². The van der Waals surface area contributed by atoms with E-state index in [9.17, 15) is 0 Å². The molecule has 0 amide bonds. The summed E-state index contributed by atoms with van der Waals surface area (Å²) in [4.78, 5) is 0. The highest BCUT2D eigenvalue weighted by atomic mass is 16.5. The zero-order valence-electron chi connectivity index (χ0n) is 14.4. The average molecular weight is 285 g/mol. The fourth-order valence-corrected chi connectivity index (χ4v) is 3.09. The molecule has 20 heavy (non-hydrogen) atoms. The maximum Gasteiger partial charge on any atom is 0.0813 e. The summed E-state index contributed by atoms with van der Waals surface area (Å²) >= 11 is 0. The van der Waals surface area contributed by atoms with Gasteiger partial charge in [-0.05, 0) is 53.4 Å². The van der Waals surface area contributed by atoms with Crippen LogP contribution in [0, 0.1) is 5.92 Å². The van der Waals surface area contributed by atoms with Crippen molar-refractivity contribution >= 4 is 0 Å². The van der Waals surface area contributed by atoms with E-state index in [2.05, 4.69) is 39.9 Å². The molecule has 1 rings (SSSR count). The monoisotopic (exact) mass is 285 g/mol. The molecule has 0 aromatic carbocycles. The molecule has 0 aromatic heterocycles. The quantitative estimate of drug-likeness (QED) is 0.772. The van der Waals surface area contributed by atoms with Crippen LogP contribution in [0.25, 0.3) is 0 Å². The summed E-state index contributed by atoms with van der Waals surface area (Å²) in [7, 11) is 0. The van der Waals surface area contributed by atoms with Gasteiger partial charge in [0.15, 0.2) is 0 Å². The molecule has 0 saturated heterocycles. The molecular weight excluding hydrogens is 250 g/mol. The number of hydrogen-bond acceptors (Lipinski definition) is 3. The number of rotatable bonds is 7. The van der Waals surface area contributed by atoms with E-state index in [4.69, 9.17) is 9.47 Å². The van der Waals surface area contributed by atoms with Crippen LogP contribution in [0.3, 0.4) is 0 Å². The highest BCUT2D eigenvalue weighted by Crippen LogP contribution is 2.36. The Labute approximate surface area is 125 Å². The Morgan fingerprint density at radius 1 is 1.35 bits per heavy atom. The van der Waals surface area contributed by atoms with Gasteiger partial charge in [0.1, 0.15) is 0 Å². The molecule has 3 nitrogen and oxygen atoms in total. The summed E-state index contributed by atoms with van der Waals surface area (Å²) in [6.45, 7) is 15.6. The average Bonchev–Trinajstić information content (AvgIpc) is 2.33. The maximum absolute atomic E-state index is 6.46. The van der Waals surface area contributed by atoms with Crippen molar-refractivity contribution in [3.8, 4) is 0 Å². The summed E-state index contributed by atoms with van der Waals surface area (Å²) in [6.07, 6.45) is 5.10. The molecule has 0 spiro atoms. The third-order valence-electron chi connectivity index (χ3n) is 4.00. The molecule has 120 valence electrons. The van der Waals surface area contributed by atoms with E-state index in [1.807, 2.05) is 6.92 Å². The first-order valence-electron chi connectivity index (χ1n) is 8.27. The van der Waals surface area contributed by atoms with Gasteiger partial charge < -0.3 is 14.8 Å². The molecule has 0 bridgehead atoms. The summed E-state index contributed by atoms with van der Waals surface area (Å²) < 4.78 is 12.0. The Hall–Kier alpha value is -0.120. The second-order valence-electron chi connectivity index (χ2n) is 7.58. The molecule has 0 aliphatic heterocycles. The molecule has 1 saturated carbocycles. The first-order valence-corrected chi connectivity index (χ1v) is 8.27. The van der Waals surface area contributed by atoms with Crippen LogP contribution in [0.15, 0.2) is 0 Å². The van der Waals surface area contributed by atoms with Gasteiger partial charge >= 0.3 is 0 Å². The lowest BCUT2D eigenvalue weighted by Crippen LogP contribution is -2.52. The van der Waals surface area contributed by atoms with Crippen LogP contribution in [-0.4, -0.2) is 37.0 Å². The van der Waals surface area contributed by atoms with E-state index in [1.54, 1.807) is 0 Å². The van der Waals surface area contributed by atoms with E-state index < -0.39 is 0 Å². The fraction of sp³-hybridized carbons (Fsp3) is 1.00. The minimum atomic E-state index is -0.0124. The van der Waals surface area contributed by atoms with Crippen molar-refractivity contribution < 1.29 is 9.47 Å². The number of hydrogen-bond donors (Lipinski definition) is 1. The smallest absolute Gasteiger partial charge is 0.0813 e. The largest absolute Gasteiger partial charge is 0.379 e. The molecule has 3 unspecified atom stereocenters. The molecule has 0 aromatic rings. The summed E-state index contributed by atoms with van der Waals surface area (Å²) in [5, 5.41) is 3.65. The minimum Gasteiger partial charge on any atom is -0.379 e. The Balaban J connectivity index is 2.63. The lowest BCUT2D eigenvalue weighted by Gasteiger charge is -2.43. The SMILES string of the molecule is CCOCC(C)OC1(CNC(C)(C)C)CCCC(C)C1. The molecule has 1 aliphatic carbocycles. The van der Waals surface area contributed by atoms with Crippen LogP contribution < -0.4 is 5.32 Å². The molecule has 0 heterocycles. The number of nitrogens with one attached hydrogen (secondary N) is 1. The van der Waals surface area contributed by atoms with Gasteiger partial charge in [0.25, 0.3) is 0 Å². The lowest BCUT2D eigenvalue weighted by atomic mass is 9.78. The second kappa shape index (κ2) is 7.77. The third-order valence-corrected chi connectivity index (χ3v) is 4.00. The van der Waals surface area contributed by atoms with Crippen LogP contribution in [0.2, 0.25) is 0 Å². The normalized spacial score (nSPS) is 29.4. The molecule has 1 aliphatic rings. The summed E-state index contributed by atoms with van der Waals surface area (Å²) in [5.41, 5.74) is 0.127. The minimum absolute atomic E-state index is 0.0124. The van der Waals surface area contributed by atoms with Crippen molar-refractivity contribution in [2.24, 2.45) is 5.92 Å². The molecule has 1 fully saturated rings. The third kappa shape index (κ3) is 6.55. The Kier molecular flexibility index (Phi) is 6.96. The van der Waals surface area contributed by atoms with Gasteiger partial charge in [0.05, 0.1) is 18.3 Å². The fourth-order valence-electron chi connectivity index (χ4n) is 3.09. The zero-order valence-corrected chi connectivity index (χ0v) is 14.4. The molecule has 3 atom stereocenters. The van der Waals surface area contributed by atoms with Crippen molar-refractivity contribution in [2.75, 3.05) is 19.8 Å².